The highest BCUT2D eigenvalue weighted by Crippen LogP contribution is 2.18. The fourth-order valence-electron chi connectivity index (χ4n) is 2.89. The number of hydrogen-bond donors (Lipinski definition) is 0. The minimum Gasteiger partial charge on any atom is -0.494 e. The Morgan fingerprint density at radius 2 is 1.82 bits per heavy atom. The summed E-state index contributed by atoms with van der Waals surface area (Å²) < 4.78 is 12.1. The van der Waals surface area contributed by atoms with Gasteiger partial charge in [-0.1, -0.05) is 34.1 Å². The number of morpholine rings is 1. The molecule has 0 aromatic heterocycles. The summed E-state index contributed by atoms with van der Waals surface area (Å²) >= 11 is 3.48. The first kappa shape index (κ1) is 22.6. The van der Waals surface area contributed by atoms with E-state index in [1.165, 1.54) is 0 Å². The zero-order valence-corrected chi connectivity index (χ0v) is 18.1. The Labute approximate surface area is 181 Å². The molecule has 0 unspecified atom stereocenters. The molecule has 0 N–H and O–H groups in total. The van der Waals surface area contributed by atoms with Gasteiger partial charge in [-0.15, -0.1) is 12.4 Å². The minimum atomic E-state index is -0.0235. The van der Waals surface area contributed by atoms with Gasteiger partial charge in [0.25, 0.3) is 0 Å². The van der Waals surface area contributed by atoms with E-state index in [9.17, 15) is 4.79 Å². The Morgan fingerprint density at radius 1 is 1.11 bits per heavy atom. The van der Waals surface area contributed by atoms with Crippen LogP contribution in [0.5, 0.6) is 5.75 Å². The predicted molar refractivity (Wildman–Crippen MR) is 119 cm³/mol. The quantitative estimate of drug-likeness (QED) is 0.316. The average Bonchev–Trinajstić information content (AvgIpc) is 2.72. The van der Waals surface area contributed by atoms with Gasteiger partial charge in [0, 0.05) is 29.7 Å². The van der Waals surface area contributed by atoms with E-state index < -0.39 is 0 Å². The van der Waals surface area contributed by atoms with Gasteiger partial charge in [-0.3, -0.25) is 9.69 Å². The molecule has 2 aromatic rings. The Kier molecular flexibility index (Phi) is 9.71. The SMILES string of the molecule is Cl.O=C(/C=C/c1ccccc1Br)c1ccc(OCCCN2CCOCC2)cc1. The molecular weight excluding hydrogens is 442 g/mol. The fraction of sp³-hybridized carbons (Fsp3) is 0.318. The van der Waals surface area contributed by atoms with E-state index >= 15 is 0 Å². The van der Waals surface area contributed by atoms with E-state index in [0.29, 0.717) is 12.2 Å². The number of nitrogens with zero attached hydrogens (tertiary/aromatic N) is 1. The average molecular weight is 467 g/mol. The molecule has 0 radical (unpaired) electrons. The molecule has 6 heteroatoms. The number of halogens is 2. The van der Waals surface area contributed by atoms with Gasteiger partial charge in [-0.2, -0.15) is 0 Å². The zero-order chi connectivity index (χ0) is 18.9. The number of ether oxygens (including phenoxy) is 2. The lowest BCUT2D eigenvalue weighted by Crippen LogP contribution is -2.37. The molecule has 0 saturated carbocycles. The van der Waals surface area contributed by atoms with Crippen LogP contribution < -0.4 is 4.74 Å². The highest BCUT2D eigenvalue weighted by Gasteiger charge is 2.09. The van der Waals surface area contributed by atoms with E-state index in [4.69, 9.17) is 9.47 Å². The smallest absolute Gasteiger partial charge is 0.185 e. The maximum absolute atomic E-state index is 12.3. The standard InChI is InChI=1S/C22H24BrNO3.ClH/c23-21-5-2-1-4-18(21)8-11-22(25)19-6-9-20(10-7-19)27-15-3-12-24-13-16-26-17-14-24;/h1-2,4-11H,3,12-17H2;1H/b11-8+;. The van der Waals surface area contributed by atoms with Crippen molar-refractivity contribution in [1.29, 1.82) is 0 Å². The van der Waals surface area contributed by atoms with Crippen LogP contribution >= 0.6 is 28.3 Å². The maximum atomic E-state index is 12.3. The highest BCUT2D eigenvalue weighted by molar-refractivity contribution is 9.10. The van der Waals surface area contributed by atoms with E-state index in [1.807, 2.05) is 54.6 Å². The molecule has 0 bridgehead atoms. The third-order valence-electron chi connectivity index (χ3n) is 4.45. The number of ketones is 1. The van der Waals surface area contributed by atoms with Gasteiger partial charge < -0.3 is 9.47 Å². The molecule has 28 heavy (non-hydrogen) atoms. The second-order valence-corrected chi connectivity index (χ2v) is 7.25. The van der Waals surface area contributed by atoms with Crippen LogP contribution in [0.25, 0.3) is 6.08 Å². The molecule has 0 spiro atoms. The summed E-state index contributed by atoms with van der Waals surface area (Å²) in [7, 11) is 0. The normalized spacial score (nSPS) is 14.6. The minimum absolute atomic E-state index is 0. The van der Waals surface area contributed by atoms with Gasteiger partial charge in [0.15, 0.2) is 5.78 Å². The molecule has 1 heterocycles. The molecule has 4 nitrogen and oxygen atoms in total. The van der Waals surface area contributed by atoms with Gasteiger partial charge in [-0.05, 0) is 54.5 Å². The molecule has 2 aromatic carbocycles. The summed E-state index contributed by atoms with van der Waals surface area (Å²) in [6, 6.07) is 15.1. The highest BCUT2D eigenvalue weighted by atomic mass is 79.9. The van der Waals surface area contributed by atoms with Crippen molar-refractivity contribution >= 4 is 40.2 Å². The van der Waals surface area contributed by atoms with Crippen molar-refractivity contribution in [2.45, 2.75) is 6.42 Å². The number of carbonyl (C=O) groups is 1. The Hall–Kier alpha value is -1.66. The molecule has 1 aliphatic heterocycles. The van der Waals surface area contributed by atoms with Gasteiger partial charge in [0.05, 0.1) is 19.8 Å². The lowest BCUT2D eigenvalue weighted by atomic mass is 10.1. The van der Waals surface area contributed by atoms with Crippen LogP contribution in [0.1, 0.15) is 22.3 Å². The number of allylic oxidation sites excluding steroid dienone is 1. The van der Waals surface area contributed by atoms with Gasteiger partial charge in [0.2, 0.25) is 0 Å². The van der Waals surface area contributed by atoms with Crippen molar-refractivity contribution in [2.75, 3.05) is 39.5 Å². The summed E-state index contributed by atoms with van der Waals surface area (Å²) in [5, 5.41) is 0. The summed E-state index contributed by atoms with van der Waals surface area (Å²) in [5.41, 5.74) is 1.63. The third kappa shape index (κ3) is 7.06. The first-order valence-electron chi connectivity index (χ1n) is 9.22. The summed E-state index contributed by atoms with van der Waals surface area (Å²) in [4.78, 5) is 14.7. The van der Waals surface area contributed by atoms with E-state index in [2.05, 4.69) is 20.8 Å². The molecule has 1 saturated heterocycles. The number of benzene rings is 2. The topological polar surface area (TPSA) is 38.8 Å². The Morgan fingerprint density at radius 3 is 2.54 bits per heavy atom. The van der Waals surface area contributed by atoms with Crippen LogP contribution in [0.3, 0.4) is 0 Å². The summed E-state index contributed by atoms with van der Waals surface area (Å²) in [6.07, 6.45) is 4.40. The molecule has 1 fully saturated rings. The number of carbonyl (C=O) groups excluding carboxylic acids is 1. The summed E-state index contributed by atoms with van der Waals surface area (Å²) in [6.45, 7) is 5.36. The van der Waals surface area contributed by atoms with Crippen molar-refractivity contribution in [2.24, 2.45) is 0 Å². The van der Waals surface area contributed by atoms with Crippen molar-refractivity contribution in [3.05, 3.63) is 70.2 Å². The third-order valence-corrected chi connectivity index (χ3v) is 5.17. The van der Waals surface area contributed by atoms with Crippen LogP contribution in [0, 0.1) is 0 Å². The van der Waals surface area contributed by atoms with Crippen LogP contribution in [0.4, 0.5) is 0 Å². The van der Waals surface area contributed by atoms with Gasteiger partial charge >= 0.3 is 0 Å². The van der Waals surface area contributed by atoms with Crippen molar-refractivity contribution in [3.8, 4) is 5.75 Å². The van der Waals surface area contributed by atoms with E-state index in [1.54, 1.807) is 6.08 Å². The van der Waals surface area contributed by atoms with E-state index in [-0.39, 0.29) is 18.2 Å². The maximum Gasteiger partial charge on any atom is 0.185 e. The second-order valence-electron chi connectivity index (χ2n) is 6.40. The lowest BCUT2D eigenvalue weighted by molar-refractivity contribution is 0.0358. The number of hydrogen-bond acceptors (Lipinski definition) is 4. The largest absolute Gasteiger partial charge is 0.494 e. The van der Waals surface area contributed by atoms with E-state index in [0.717, 1.165) is 55.1 Å². The number of rotatable bonds is 8. The molecule has 1 aliphatic rings. The van der Waals surface area contributed by atoms with Crippen LogP contribution in [0.15, 0.2) is 59.1 Å². The first-order chi connectivity index (χ1) is 13.2. The van der Waals surface area contributed by atoms with Crippen LogP contribution in [-0.4, -0.2) is 50.1 Å². The monoisotopic (exact) mass is 465 g/mol. The van der Waals surface area contributed by atoms with Crippen molar-refractivity contribution in [3.63, 3.8) is 0 Å². The molecule has 150 valence electrons. The molecule has 0 aliphatic carbocycles. The summed E-state index contributed by atoms with van der Waals surface area (Å²) in [5.74, 6) is 0.771. The molecule has 0 atom stereocenters. The first-order valence-corrected chi connectivity index (χ1v) is 10.0. The van der Waals surface area contributed by atoms with Crippen molar-refractivity contribution < 1.29 is 14.3 Å². The Balaban J connectivity index is 0.00000280. The van der Waals surface area contributed by atoms with Crippen LogP contribution in [-0.2, 0) is 4.74 Å². The zero-order valence-electron chi connectivity index (χ0n) is 15.7. The van der Waals surface area contributed by atoms with Gasteiger partial charge in [-0.25, -0.2) is 0 Å². The van der Waals surface area contributed by atoms with Crippen LogP contribution in [0.2, 0.25) is 0 Å². The van der Waals surface area contributed by atoms with Gasteiger partial charge in [0.1, 0.15) is 5.75 Å². The second kappa shape index (κ2) is 12.0. The molecular formula is C22H25BrClNO3. The molecule has 0 amide bonds. The van der Waals surface area contributed by atoms with Crippen molar-refractivity contribution in [1.82, 2.24) is 4.90 Å². The predicted octanol–water partition coefficient (Wildman–Crippen LogP) is 4.87. The molecule has 3 rings (SSSR count). The Bertz CT molecular complexity index is 774. The fourth-order valence-corrected chi connectivity index (χ4v) is 3.31. The lowest BCUT2D eigenvalue weighted by Gasteiger charge is -2.26.